The van der Waals surface area contributed by atoms with Crippen LogP contribution in [0.5, 0.6) is 11.5 Å². The average Bonchev–Trinajstić information content (AvgIpc) is 2.68. The summed E-state index contributed by atoms with van der Waals surface area (Å²) in [5.41, 5.74) is 1.65. The van der Waals surface area contributed by atoms with E-state index < -0.39 is 0 Å². The molecule has 0 aromatic heterocycles. The van der Waals surface area contributed by atoms with Crippen LogP contribution in [0.3, 0.4) is 0 Å². The summed E-state index contributed by atoms with van der Waals surface area (Å²) in [6.45, 7) is 2.88. The summed E-state index contributed by atoms with van der Waals surface area (Å²) in [6, 6.07) is 13.3. The van der Waals surface area contributed by atoms with E-state index in [1.807, 2.05) is 42.5 Å². The van der Waals surface area contributed by atoms with Gasteiger partial charge in [0, 0.05) is 15.3 Å². The molecule has 0 saturated heterocycles. The minimum atomic E-state index is -0.175. The molecule has 0 aliphatic rings. The van der Waals surface area contributed by atoms with Crippen molar-refractivity contribution in [3.8, 4) is 11.5 Å². The van der Waals surface area contributed by atoms with Gasteiger partial charge in [-0.2, -0.15) is 0 Å². The van der Waals surface area contributed by atoms with Crippen LogP contribution in [0.1, 0.15) is 38.2 Å². The largest absolute Gasteiger partial charge is 0.493 e. The van der Waals surface area contributed by atoms with E-state index in [0.717, 1.165) is 27.0 Å². The average molecular weight is 479 g/mol. The number of ether oxygens (including phenoxy) is 2. The lowest BCUT2D eigenvalue weighted by Gasteiger charge is -2.11. The number of unbranched alkanes of at least 4 members (excludes halogenated alkanes) is 3. The van der Waals surface area contributed by atoms with Crippen molar-refractivity contribution in [3.05, 3.63) is 57.7 Å². The minimum Gasteiger partial charge on any atom is -0.493 e. The summed E-state index contributed by atoms with van der Waals surface area (Å²) in [7, 11) is 1.62. The first-order valence-corrected chi connectivity index (χ1v) is 10.3. The second-order valence-corrected chi connectivity index (χ2v) is 7.39. The van der Waals surface area contributed by atoms with Crippen LogP contribution in [0, 0.1) is 3.57 Å². The molecule has 144 valence electrons. The van der Waals surface area contributed by atoms with E-state index in [0.29, 0.717) is 12.4 Å². The molecule has 5 heteroatoms. The molecule has 0 fully saturated rings. The Balaban J connectivity index is 1.92. The Labute approximate surface area is 175 Å². The van der Waals surface area contributed by atoms with Crippen molar-refractivity contribution in [2.24, 2.45) is 0 Å². The number of hydrogen-bond acceptors (Lipinski definition) is 3. The van der Waals surface area contributed by atoms with Gasteiger partial charge in [0.15, 0.2) is 11.5 Å². The van der Waals surface area contributed by atoms with Crippen LogP contribution in [-0.2, 0) is 4.79 Å². The van der Waals surface area contributed by atoms with E-state index in [9.17, 15) is 4.79 Å². The summed E-state index contributed by atoms with van der Waals surface area (Å²) in [6.07, 6.45) is 7.93. The normalized spacial score (nSPS) is 10.8. The highest BCUT2D eigenvalue weighted by Gasteiger charge is 2.05. The number of carbonyl (C=O) groups is 1. The summed E-state index contributed by atoms with van der Waals surface area (Å²) in [4.78, 5) is 12.1. The zero-order valence-electron chi connectivity index (χ0n) is 15.8. The van der Waals surface area contributed by atoms with Crippen molar-refractivity contribution in [2.45, 2.75) is 32.6 Å². The Morgan fingerprint density at radius 3 is 2.56 bits per heavy atom. The molecule has 0 radical (unpaired) electrons. The first-order valence-electron chi connectivity index (χ1n) is 9.18. The predicted molar refractivity (Wildman–Crippen MR) is 119 cm³/mol. The molecule has 0 aliphatic heterocycles. The zero-order chi connectivity index (χ0) is 19.5. The second kappa shape index (κ2) is 11.6. The topological polar surface area (TPSA) is 47.6 Å². The third-order valence-corrected chi connectivity index (χ3v) is 4.70. The molecule has 2 rings (SSSR count). The van der Waals surface area contributed by atoms with Gasteiger partial charge in [0.05, 0.1) is 13.7 Å². The molecule has 2 aromatic rings. The van der Waals surface area contributed by atoms with Crippen molar-refractivity contribution >= 4 is 40.3 Å². The van der Waals surface area contributed by atoms with Crippen molar-refractivity contribution in [1.82, 2.24) is 0 Å². The van der Waals surface area contributed by atoms with Crippen LogP contribution in [-0.4, -0.2) is 19.6 Å². The van der Waals surface area contributed by atoms with Gasteiger partial charge in [0.2, 0.25) is 5.91 Å². The van der Waals surface area contributed by atoms with E-state index in [1.54, 1.807) is 13.2 Å². The number of rotatable bonds is 10. The second-order valence-electron chi connectivity index (χ2n) is 6.15. The van der Waals surface area contributed by atoms with Gasteiger partial charge in [0.25, 0.3) is 0 Å². The number of benzene rings is 2. The molecule has 0 heterocycles. The number of nitrogens with one attached hydrogen (secondary N) is 1. The molecule has 0 aliphatic carbocycles. The van der Waals surface area contributed by atoms with Crippen molar-refractivity contribution in [3.63, 3.8) is 0 Å². The number of halogens is 1. The SMILES string of the molecule is CCCCCCOc1ccc(/C=C/C(=O)Nc2ccc(I)cc2)cc1OC. The van der Waals surface area contributed by atoms with E-state index >= 15 is 0 Å². The lowest BCUT2D eigenvalue weighted by atomic mass is 10.2. The summed E-state index contributed by atoms with van der Waals surface area (Å²) >= 11 is 2.23. The van der Waals surface area contributed by atoms with Crippen LogP contribution in [0.2, 0.25) is 0 Å². The smallest absolute Gasteiger partial charge is 0.248 e. The lowest BCUT2D eigenvalue weighted by Crippen LogP contribution is -2.07. The molecule has 0 saturated carbocycles. The molecule has 0 spiro atoms. The Bertz CT molecular complexity index is 757. The van der Waals surface area contributed by atoms with Gasteiger partial charge in [-0.15, -0.1) is 0 Å². The molecule has 1 amide bonds. The lowest BCUT2D eigenvalue weighted by molar-refractivity contribution is -0.111. The molecule has 0 bridgehead atoms. The Hall–Kier alpha value is -2.02. The molecular weight excluding hydrogens is 453 g/mol. The highest BCUT2D eigenvalue weighted by Crippen LogP contribution is 2.28. The molecule has 1 N–H and O–H groups in total. The van der Waals surface area contributed by atoms with Crippen molar-refractivity contribution < 1.29 is 14.3 Å². The maximum absolute atomic E-state index is 12.1. The molecule has 0 atom stereocenters. The van der Waals surface area contributed by atoms with Gasteiger partial charge in [0.1, 0.15) is 0 Å². The Morgan fingerprint density at radius 2 is 1.85 bits per heavy atom. The third-order valence-electron chi connectivity index (χ3n) is 3.98. The summed E-state index contributed by atoms with van der Waals surface area (Å²) in [5.74, 6) is 1.23. The van der Waals surface area contributed by atoms with E-state index in [4.69, 9.17) is 9.47 Å². The van der Waals surface area contributed by atoms with Crippen LogP contribution in [0.25, 0.3) is 6.08 Å². The van der Waals surface area contributed by atoms with Gasteiger partial charge in [-0.1, -0.05) is 32.3 Å². The number of carbonyl (C=O) groups excluding carboxylic acids is 1. The molecule has 0 unspecified atom stereocenters. The predicted octanol–water partition coefficient (Wildman–Crippen LogP) is 5.91. The maximum atomic E-state index is 12.1. The molecule has 2 aromatic carbocycles. The van der Waals surface area contributed by atoms with E-state index in [1.165, 1.54) is 25.3 Å². The number of hydrogen-bond donors (Lipinski definition) is 1. The van der Waals surface area contributed by atoms with E-state index in [2.05, 4.69) is 34.8 Å². The van der Waals surface area contributed by atoms with Gasteiger partial charge in [-0.3, -0.25) is 4.79 Å². The third kappa shape index (κ3) is 7.62. The van der Waals surface area contributed by atoms with Crippen LogP contribution < -0.4 is 14.8 Å². The van der Waals surface area contributed by atoms with E-state index in [-0.39, 0.29) is 5.91 Å². The fourth-order valence-corrected chi connectivity index (χ4v) is 2.87. The monoisotopic (exact) mass is 479 g/mol. The van der Waals surface area contributed by atoms with Gasteiger partial charge in [-0.25, -0.2) is 0 Å². The fourth-order valence-electron chi connectivity index (χ4n) is 2.51. The maximum Gasteiger partial charge on any atom is 0.248 e. The van der Waals surface area contributed by atoms with Gasteiger partial charge in [-0.05, 0) is 77.0 Å². The fraction of sp³-hybridized carbons (Fsp3) is 0.318. The summed E-state index contributed by atoms with van der Waals surface area (Å²) < 4.78 is 12.4. The quantitative estimate of drug-likeness (QED) is 0.262. The van der Waals surface area contributed by atoms with Crippen LogP contribution >= 0.6 is 22.6 Å². The highest BCUT2D eigenvalue weighted by atomic mass is 127. The molecule has 27 heavy (non-hydrogen) atoms. The van der Waals surface area contributed by atoms with Crippen molar-refractivity contribution in [2.75, 3.05) is 19.0 Å². The first kappa shape index (κ1) is 21.3. The van der Waals surface area contributed by atoms with Crippen LogP contribution in [0.15, 0.2) is 48.5 Å². The van der Waals surface area contributed by atoms with Gasteiger partial charge < -0.3 is 14.8 Å². The van der Waals surface area contributed by atoms with Crippen LogP contribution in [0.4, 0.5) is 5.69 Å². The first-order chi connectivity index (χ1) is 13.1. The van der Waals surface area contributed by atoms with Crippen molar-refractivity contribution in [1.29, 1.82) is 0 Å². The molecular formula is C22H26INO3. The number of methoxy groups -OCH3 is 1. The Morgan fingerprint density at radius 1 is 1.07 bits per heavy atom. The minimum absolute atomic E-state index is 0.175. The standard InChI is InChI=1S/C22H26INO3/c1-3-4-5-6-15-27-20-13-7-17(16-21(20)26-2)8-14-22(25)24-19-11-9-18(23)10-12-19/h7-14,16H,3-6,15H2,1-2H3,(H,24,25)/b14-8+. The van der Waals surface area contributed by atoms with Gasteiger partial charge >= 0.3 is 0 Å². The zero-order valence-corrected chi connectivity index (χ0v) is 18.0. The summed E-state index contributed by atoms with van der Waals surface area (Å²) in [5, 5.41) is 2.84. The number of anilines is 1. The number of amides is 1. The highest BCUT2D eigenvalue weighted by molar-refractivity contribution is 14.1. The molecule has 4 nitrogen and oxygen atoms in total. The Kier molecular flexibility index (Phi) is 9.18.